The molecule has 0 aliphatic heterocycles. The van der Waals surface area contributed by atoms with Crippen molar-refractivity contribution >= 4 is 27.6 Å². The normalized spacial score (nSPS) is 11.3. The maximum atomic E-state index is 12.4. The van der Waals surface area contributed by atoms with Gasteiger partial charge in [0, 0.05) is 11.6 Å². The Balaban J connectivity index is 2.13. The average Bonchev–Trinajstić information content (AvgIpc) is 2.55. The lowest BCUT2D eigenvalue weighted by Crippen LogP contribution is -2.24. The molecule has 0 atom stereocenters. The predicted octanol–water partition coefficient (Wildman–Crippen LogP) is 2.91. The highest BCUT2D eigenvalue weighted by atomic mass is 35.5. The number of carbonyl (C=O) groups excluding carboxylic acids is 1. The molecule has 0 fully saturated rings. The van der Waals surface area contributed by atoms with Crippen molar-refractivity contribution in [3.05, 3.63) is 64.2 Å². The maximum absolute atomic E-state index is 12.4. The molecule has 5 nitrogen and oxygen atoms in total. The first kappa shape index (κ1) is 17.5. The maximum Gasteiger partial charge on any atom is 0.337 e. The molecular formula is C16H16ClNO4S. The topological polar surface area (TPSA) is 72.5 Å². The Morgan fingerprint density at radius 1 is 1.17 bits per heavy atom. The standard InChI is InChI=1S/C16H16ClNO4S/c1-11-14(17)4-3-5-15(11)23(20,21)18-10-12-6-8-13(9-7-12)16(19)22-2/h3-9,18H,10H2,1-2H3. The van der Waals surface area contributed by atoms with Crippen LogP contribution in [0.15, 0.2) is 47.4 Å². The van der Waals surface area contributed by atoms with Crippen molar-refractivity contribution in [2.45, 2.75) is 18.4 Å². The Kier molecular flexibility index (Phi) is 5.41. The Labute approximate surface area is 140 Å². The molecule has 2 rings (SSSR count). The molecule has 1 N–H and O–H groups in total. The third-order valence-corrected chi connectivity index (χ3v) is 5.30. The minimum absolute atomic E-state index is 0.107. The Morgan fingerprint density at radius 2 is 1.83 bits per heavy atom. The molecule has 0 unspecified atom stereocenters. The Bertz CT molecular complexity index is 816. The molecule has 23 heavy (non-hydrogen) atoms. The first-order valence-corrected chi connectivity index (χ1v) is 8.63. The van der Waals surface area contributed by atoms with Crippen LogP contribution in [0.5, 0.6) is 0 Å². The summed E-state index contributed by atoms with van der Waals surface area (Å²) in [7, 11) is -2.37. The van der Waals surface area contributed by atoms with Crippen molar-refractivity contribution in [2.75, 3.05) is 7.11 Å². The van der Waals surface area contributed by atoms with Crippen LogP contribution in [0.2, 0.25) is 5.02 Å². The molecule has 0 saturated heterocycles. The number of esters is 1. The molecule has 0 aliphatic carbocycles. The van der Waals surface area contributed by atoms with Gasteiger partial charge in [-0.1, -0.05) is 29.8 Å². The summed E-state index contributed by atoms with van der Waals surface area (Å²) in [4.78, 5) is 11.5. The van der Waals surface area contributed by atoms with Gasteiger partial charge in [-0.15, -0.1) is 0 Å². The molecule has 0 spiro atoms. The molecule has 0 aliphatic rings. The Hall–Kier alpha value is -1.89. The van der Waals surface area contributed by atoms with Crippen molar-refractivity contribution in [2.24, 2.45) is 0 Å². The second-order valence-corrected chi connectivity index (χ2v) is 7.02. The third kappa shape index (κ3) is 4.10. The number of ether oxygens (including phenoxy) is 1. The van der Waals surface area contributed by atoms with E-state index in [1.807, 2.05) is 0 Å². The van der Waals surface area contributed by atoms with E-state index >= 15 is 0 Å². The molecule has 0 bridgehead atoms. The number of methoxy groups -OCH3 is 1. The van der Waals surface area contributed by atoms with Gasteiger partial charge in [0.25, 0.3) is 0 Å². The average molecular weight is 354 g/mol. The van der Waals surface area contributed by atoms with E-state index in [0.29, 0.717) is 16.1 Å². The molecule has 2 aromatic carbocycles. The van der Waals surface area contributed by atoms with Gasteiger partial charge in [0.15, 0.2) is 0 Å². The van der Waals surface area contributed by atoms with Crippen LogP contribution in [0, 0.1) is 6.92 Å². The van der Waals surface area contributed by atoms with Gasteiger partial charge in [-0.2, -0.15) is 0 Å². The van der Waals surface area contributed by atoms with Crippen LogP contribution in [0.1, 0.15) is 21.5 Å². The molecule has 122 valence electrons. The number of nitrogens with one attached hydrogen (secondary N) is 1. The lowest BCUT2D eigenvalue weighted by atomic mass is 10.1. The van der Waals surface area contributed by atoms with Crippen LogP contribution in [0.3, 0.4) is 0 Å². The first-order valence-electron chi connectivity index (χ1n) is 6.77. The van der Waals surface area contributed by atoms with Crippen molar-refractivity contribution < 1.29 is 17.9 Å². The number of carbonyl (C=O) groups is 1. The summed E-state index contributed by atoms with van der Waals surface area (Å²) in [5.74, 6) is -0.438. The van der Waals surface area contributed by atoms with E-state index in [-0.39, 0.29) is 11.4 Å². The number of benzene rings is 2. The van der Waals surface area contributed by atoms with Gasteiger partial charge in [-0.05, 0) is 42.3 Å². The molecule has 2 aromatic rings. The van der Waals surface area contributed by atoms with Gasteiger partial charge < -0.3 is 4.74 Å². The zero-order chi connectivity index (χ0) is 17.0. The van der Waals surface area contributed by atoms with E-state index in [9.17, 15) is 13.2 Å². The van der Waals surface area contributed by atoms with E-state index in [2.05, 4.69) is 9.46 Å². The largest absolute Gasteiger partial charge is 0.465 e. The minimum Gasteiger partial charge on any atom is -0.465 e. The van der Waals surface area contributed by atoms with Gasteiger partial charge in [-0.3, -0.25) is 0 Å². The van der Waals surface area contributed by atoms with Crippen molar-refractivity contribution in [1.29, 1.82) is 0 Å². The summed E-state index contributed by atoms with van der Waals surface area (Å²) in [5.41, 5.74) is 1.63. The SMILES string of the molecule is COC(=O)c1ccc(CNS(=O)(=O)c2cccc(Cl)c2C)cc1. The molecule has 0 aromatic heterocycles. The van der Waals surface area contributed by atoms with Gasteiger partial charge in [0.1, 0.15) is 0 Å². The fourth-order valence-electron chi connectivity index (χ4n) is 2.01. The van der Waals surface area contributed by atoms with Crippen LogP contribution in [-0.4, -0.2) is 21.5 Å². The van der Waals surface area contributed by atoms with Crippen LogP contribution in [0.25, 0.3) is 0 Å². The molecule has 7 heteroatoms. The van der Waals surface area contributed by atoms with Crippen molar-refractivity contribution in [3.8, 4) is 0 Å². The van der Waals surface area contributed by atoms with E-state index in [0.717, 1.165) is 5.56 Å². The van der Waals surface area contributed by atoms with E-state index < -0.39 is 16.0 Å². The summed E-state index contributed by atoms with van der Waals surface area (Å²) < 4.78 is 31.8. The van der Waals surface area contributed by atoms with Crippen LogP contribution >= 0.6 is 11.6 Å². The number of halogens is 1. The highest BCUT2D eigenvalue weighted by Crippen LogP contribution is 2.22. The summed E-state index contributed by atoms with van der Waals surface area (Å²) in [6.45, 7) is 1.76. The summed E-state index contributed by atoms with van der Waals surface area (Å²) in [6, 6.07) is 11.2. The quantitative estimate of drug-likeness (QED) is 0.839. The highest BCUT2D eigenvalue weighted by Gasteiger charge is 2.17. The Morgan fingerprint density at radius 3 is 2.43 bits per heavy atom. The number of hydrogen-bond acceptors (Lipinski definition) is 4. The van der Waals surface area contributed by atoms with Crippen molar-refractivity contribution in [3.63, 3.8) is 0 Å². The molecule has 0 saturated carbocycles. The number of sulfonamides is 1. The van der Waals surface area contributed by atoms with Gasteiger partial charge in [-0.25, -0.2) is 17.9 Å². The minimum atomic E-state index is -3.67. The lowest BCUT2D eigenvalue weighted by molar-refractivity contribution is 0.0600. The third-order valence-electron chi connectivity index (χ3n) is 3.35. The van der Waals surface area contributed by atoms with Gasteiger partial charge in [0.05, 0.1) is 17.6 Å². The molecule has 0 radical (unpaired) electrons. The van der Waals surface area contributed by atoms with E-state index in [1.165, 1.54) is 13.2 Å². The fourth-order valence-corrected chi connectivity index (χ4v) is 3.52. The lowest BCUT2D eigenvalue weighted by Gasteiger charge is -2.10. The zero-order valence-corrected chi connectivity index (χ0v) is 14.2. The molecule has 0 heterocycles. The highest BCUT2D eigenvalue weighted by molar-refractivity contribution is 7.89. The van der Waals surface area contributed by atoms with Gasteiger partial charge >= 0.3 is 5.97 Å². The van der Waals surface area contributed by atoms with E-state index in [1.54, 1.807) is 43.3 Å². The number of rotatable bonds is 5. The fraction of sp³-hybridized carbons (Fsp3) is 0.188. The van der Waals surface area contributed by atoms with Crippen LogP contribution in [-0.2, 0) is 21.3 Å². The van der Waals surface area contributed by atoms with E-state index in [4.69, 9.17) is 11.6 Å². The van der Waals surface area contributed by atoms with Crippen LogP contribution in [0.4, 0.5) is 0 Å². The zero-order valence-electron chi connectivity index (χ0n) is 12.7. The summed E-state index contributed by atoms with van der Waals surface area (Å²) in [6.07, 6.45) is 0. The molecular weight excluding hydrogens is 338 g/mol. The summed E-state index contributed by atoms with van der Waals surface area (Å²) in [5, 5.41) is 0.398. The summed E-state index contributed by atoms with van der Waals surface area (Å²) >= 11 is 5.96. The molecule has 0 amide bonds. The smallest absolute Gasteiger partial charge is 0.337 e. The van der Waals surface area contributed by atoms with Crippen LogP contribution < -0.4 is 4.72 Å². The number of hydrogen-bond donors (Lipinski definition) is 1. The first-order chi connectivity index (χ1) is 10.8. The van der Waals surface area contributed by atoms with Crippen molar-refractivity contribution in [1.82, 2.24) is 4.72 Å². The second kappa shape index (κ2) is 7.12. The van der Waals surface area contributed by atoms with Gasteiger partial charge in [0.2, 0.25) is 10.0 Å². The predicted molar refractivity (Wildman–Crippen MR) is 88.0 cm³/mol. The second-order valence-electron chi connectivity index (χ2n) is 4.88. The monoisotopic (exact) mass is 353 g/mol.